The minimum absolute atomic E-state index is 0.294. The molecule has 2 rings (SSSR count). The maximum absolute atomic E-state index is 13.1. The Hall–Kier alpha value is -0.930. The summed E-state index contributed by atoms with van der Waals surface area (Å²) >= 11 is 0. The van der Waals surface area contributed by atoms with Gasteiger partial charge in [0, 0.05) is 6.04 Å². The van der Waals surface area contributed by atoms with Gasteiger partial charge >= 0.3 is 0 Å². The number of hydrogen-bond acceptors (Lipinski definition) is 2. The molecule has 1 aromatic rings. The van der Waals surface area contributed by atoms with E-state index in [0.29, 0.717) is 18.0 Å². The molecule has 0 saturated carbocycles. The van der Waals surface area contributed by atoms with Crippen LogP contribution in [-0.2, 0) is 5.60 Å². The summed E-state index contributed by atoms with van der Waals surface area (Å²) in [6, 6.07) is 6.57. The van der Waals surface area contributed by atoms with E-state index < -0.39 is 5.60 Å². The van der Waals surface area contributed by atoms with Crippen LogP contribution in [0.25, 0.3) is 0 Å². The number of aliphatic hydroxyl groups is 1. The van der Waals surface area contributed by atoms with Crippen LogP contribution in [0.15, 0.2) is 24.3 Å². The van der Waals surface area contributed by atoms with E-state index in [4.69, 9.17) is 0 Å². The molecule has 0 spiro atoms. The molecular weight excluding hydrogens is 205 g/mol. The largest absolute Gasteiger partial charge is 0.385 e. The van der Waals surface area contributed by atoms with Crippen LogP contribution < -0.4 is 5.32 Å². The summed E-state index contributed by atoms with van der Waals surface area (Å²) < 4.78 is 13.1. The van der Waals surface area contributed by atoms with Gasteiger partial charge in [0.1, 0.15) is 5.82 Å². The zero-order valence-electron chi connectivity index (χ0n) is 9.54. The van der Waals surface area contributed by atoms with Crippen molar-refractivity contribution in [3.05, 3.63) is 35.6 Å². The topological polar surface area (TPSA) is 32.3 Å². The van der Waals surface area contributed by atoms with Crippen molar-refractivity contribution in [3.63, 3.8) is 0 Å². The van der Waals surface area contributed by atoms with Crippen molar-refractivity contribution >= 4 is 0 Å². The summed E-state index contributed by atoms with van der Waals surface area (Å²) in [4.78, 5) is 0. The third kappa shape index (κ3) is 2.60. The van der Waals surface area contributed by atoms with Gasteiger partial charge in [-0.3, -0.25) is 0 Å². The molecule has 16 heavy (non-hydrogen) atoms. The van der Waals surface area contributed by atoms with Gasteiger partial charge in [-0.25, -0.2) is 4.39 Å². The molecule has 0 aromatic heterocycles. The van der Waals surface area contributed by atoms with Crippen molar-refractivity contribution in [2.45, 2.75) is 37.8 Å². The first-order valence-electron chi connectivity index (χ1n) is 5.80. The smallest absolute Gasteiger partial charge is 0.123 e. The number of rotatable bonds is 3. The number of benzene rings is 1. The fraction of sp³-hybridized carbons (Fsp3) is 0.538. The molecule has 0 aliphatic carbocycles. The standard InChI is InChI=1S/C13H18FNO/c1-13(16,9-12-6-3-7-15-12)10-4-2-5-11(14)8-10/h2,4-5,8,12,15-16H,3,6-7,9H2,1H3. The lowest BCUT2D eigenvalue weighted by Gasteiger charge is -2.27. The first-order valence-corrected chi connectivity index (χ1v) is 5.80. The van der Waals surface area contributed by atoms with E-state index in [1.807, 2.05) is 0 Å². The van der Waals surface area contributed by atoms with Crippen molar-refractivity contribution in [2.24, 2.45) is 0 Å². The van der Waals surface area contributed by atoms with Gasteiger partial charge < -0.3 is 10.4 Å². The molecule has 2 unspecified atom stereocenters. The average molecular weight is 223 g/mol. The Morgan fingerprint density at radius 3 is 3.00 bits per heavy atom. The third-order valence-corrected chi connectivity index (χ3v) is 3.25. The maximum atomic E-state index is 13.1. The molecule has 0 amide bonds. The summed E-state index contributed by atoms with van der Waals surface area (Å²) in [6.45, 7) is 2.77. The Bertz CT molecular complexity index is 359. The molecule has 1 fully saturated rings. The lowest BCUT2D eigenvalue weighted by Crippen LogP contribution is -2.32. The molecule has 2 N–H and O–H groups in total. The fourth-order valence-corrected chi connectivity index (χ4v) is 2.35. The second-order valence-electron chi connectivity index (χ2n) is 4.78. The highest BCUT2D eigenvalue weighted by Crippen LogP contribution is 2.28. The predicted octanol–water partition coefficient (Wildman–Crippen LogP) is 2.18. The number of nitrogens with one attached hydrogen (secondary N) is 1. The summed E-state index contributed by atoms with van der Waals surface area (Å²) in [5.41, 5.74) is -0.300. The molecule has 1 aromatic carbocycles. The van der Waals surface area contributed by atoms with E-state index >= 15 is 0 Å². The van der Waals surface area contributed by atoms with Gasteiger partial charge in [-0.15, -0.1) is 0 Å². The van der Waals surface area contributed by atoms with Gasteiger partial charge in [0.15, 0.2) is 0 Å². The molecule has 1 saturated heterocycles. The third-order valence-electron chi connectivity index (χ3n) is 3.25. The summed E-state index contributed by atoms with van der Waals surface area (Å²) in [6.07, 6.45) is 2.88. The Morgan fingerprint density at radius 2 is 2.38 bits per heavy atom. The van der Waals surface area contributed by atoms with Gasteiger partial charge in [0.25, 0.3) is 0 Å². The highest BCUT2D eigenvalue weighted by atomic mass is 19.1. The van der Waals surface area contributed by atoms with E-state index in [-0.39, 0.29) is 5.82 Å². The monoisotopic (exact) mass is 223 g/mol. The van der Waals surface area contributed by atoms with Crippen LogP contribution in [-0.4, -0.2) is 17.7 Å². The van der Waals surface area contributed by atoms with Crippen LogP contribution in [0, 0.1) is 5.82 Å². The van der Waals surface area contributed by atoms with E-state index in [9.17, 15) is 9.50 Å². The van der Waals surface area contributed by atoms with Crippen LogP contribution in [0.2, 0.25) is 0 Å². The fourth-order valence-electron chi connectivity index (χ4n) is 2.35. The average Bonchev–Trinajstić information content (AvgIpc) is 2.70. The van der Waals surface area contributed by atoms with Gasteiger partial charge in [-0.05, 0) is 50.4 Å². The van der Waals surface area contributed by atoms with E-state index in [2.05, 4.69) is 5.32 Å². The molecule has 1 heterocycles. The summed E-state index contributed by atoms with van der Waals surface area (Å²) in [5, 5.41) is 13.7. The van der Waals surface area contributed by atoms with E-state index in [0.717, 1.165) is 19.4 Å². The normalized spacial score (nSPS) is 24.3. The van der Waals surface area contributed by atoms with Crippen LogP contribution in [0.5, 0.6) is 0 Å². The molecular formula is C13H18FNO. The molecule has 1 aliphatic heterocycles. The Labute approximate surface area is 95.5 Å². The highest BCUT2D eigenvalue weighted by Gasteiger charge is 2.29. The van der Waals surface area contributed by atoms with Crippen molar-refractivity contribution in [3.8, 4) is 0 Å². The zero-order chi connectivity index (χ0) is 11.6. The van der Waals surface area contributed by atoms with Crippen LogP contribution in [0.3, 0.4) is 0 Å². The van der Waals surface area contributed by atoms with Crippen LogP contribution in [0.4, 0.5) is 4.39 Å². The number of halogens is 1. The van der Waals surface area contributed by atoms with E-state index in [1.54, 1.807) is 19.1 Å². The molecule has 2 atom stereocenters. The molecule has 1 aliphatic rings. The zero-order valence-corrected chi connectivity index (χ0v) is 9.54. The first-order chi connectivity index (χ1) is 7.58. The van der Waals surface area contributed by atoms with Crippen molar-refractivity contribution < 1.29 is 9.50 Å². The SMILES string of the molecule is CC(O)(CC1CCCN1)c1cccc(F)c1. The highest BCUT2D eigenvalue weighted by molar-refractivity contribution is 5.22. The second-order valence-corrected chi connectivity index (χ2v) is 4.78. The van der Waals surface area contributed by atoms with Crippen LogP contribution in [0.1, 0.15) is 31.7 Å². The minimum Gasteiger partial charge on any atom is -0.385 e. The minimum atomic E-state index is -0.954. The summed E-state index contributed by atoms with van der Waals surface area (Å²) in [5.74, 6) is -0.294. The lowest BCUT2D eigenvalue weighted by atomic mass is 9.88. The Kier molecular flexibility index (Phi) is 3.26. The molecule has 0 radical (unpaired) electrons. The molecule has 0 bridgehead atoms. The van der Waals surface area contributed by atoms with Crippen molar-refractivity contribution in [2.75, 3.05) is 6.54 Å². The first kappa shape index (κ1) is 11.6. The maximum Gasteiger partial charge on any atom is 0.123 e. The van der Waals surface area contributed by atoms with Crippen LogP contribution >= 0.6 is 0 Å². The van der Waals surface area contributed by atoms with E-state index in [1.165, 1.54) is 12.1 Å². The van der Waals surface area contributed by atoms with Gasteiger partial charge in [-0.1, -0.05) is 12.1 Å². The Morgan fingerprint density at radius 1 is 1.56 bits per heavy atom. The molecule has 88 valence electrons. The molecule has 2 nitrogen and oxygen atoms in total. The Balaban J connectivity index is 2.10. The van der Waals surface area contributed by atoms with Crippen molar-refractivity contribution in [1.82, 2.24) is 5.32 Å². The van der Waals surface area contributed by atoms with Gasteiger partial charge in [0.05, 0.1) is 5.60 Å². The second kappa shape index (κ2) is 4.52. The molecule has 3 heteroatoms. The van der Waals surface area contributed by atoms with Gasteiger partial charge in [-0.2, -0.15) is 0 Å². The lowest BCUT2D eigenvalue weighted by molar-refractivity contribution is 0.0382. The van der Waals surface area contributed by atoms with Crippen molar-refractivity contribution in [1.29, 1.82) is 0 Å². The quantitative estimate of drug-likeness (QED) is 0.823. The van der Waals surface area contributed by atoms with Gasteiger partial charge in [0.2, 0.25) is 0 Å². The number of hydrogen-bond donors (Lipinski definition) is 2. The predicted molar refractivity (Wildman–Crippen MR) is 61.6 cm³/mol. The summed E-state index contributed by atoms with van der Waals surface area (Å²) in [7, 11) is 0.